The van der Waals surface area contributed by atoms with Gasteiger partial charge in [0.05, 0.1) is 7.11 Å². The average molecular weight is 410 g/mol. The fourth-order valence-electron chi connectivity index (χ4n) is 4.01. The Hall–Kier alpha value is -3.59. The summed E-state index contributed by atoms with van der Waals surface area (Å²) in [6.07, 6.45) is 1.82. The normalized spacial score (nSPS) is 13.0. The molecule has 0 radical (unpaired) electrons. The second-order valence-electron chi connectivity index (χ2n) is 7.95. The van der Waals surface area contributed by atoms with Crippen LogP contribution in [0.1, 0.15) is 13.8 Å². The minimum atomic E-state index is -0.189. The number of methoxy groups -OCH3 is 1. The summed E-state index contributed by atoms with van der Waals surface area (Å²) in [5.41, 5.74) is 2.73. The molecule has 0 unspecified atom stereocenters. The maximum absolute atomic E-state index is 13.1. The molecule has 0 aliphatic rings. The molecular weight excluding hydrogens is 382 g/mol. The van der Waals surface area contributed by atoms with Crippen molar-refractivity contribution in [2.45, 2.75) is 13.8 Å². The van der Waals surface area contributed by atoms with Crippen LogP contribution in [0.25, 0.3) is 32.7 Å². The van der Waals surface area contributed by atoms with Crippen molar-refractivity contribution >= 4 is 33.1 Å². The molecule has 0 saturated heterocycles. The first-order valence-electron chi connectivity index (χ1n) is 10.6. The second-order valence-corrected chi connectivity index (χ2v) is 7.95. The summed E-state index contributed by atoms with van der Waals surface area (Å²) in [6.45, 7) is 7.78. The van der Waals surface area contributed by atoms with Gasteiger partial charge in [-0.1, -0.05) is 80.6 Å². The van der Waals surface area contributed by atoms with Gasteiger partial charge in [0.25, 0.3) is 0 Å². The number of rotatable bonds is 6. The molecule has 0 saturated carbocycles. The van der Waals surface area contributed by atoms with Crippen molar-refractivity contribution in [1.29, 1.82) is 0 Å². The summed E-state index contributed by atoms with van der Waals surface area (Å²) in [6, 6.07) is 24.6. The van der Waals surface area contributed by atoms with E-state index in [2.05, 4.69) is 42.2 Å². The Morgan fingerprint density at radius 2 is 1.45 bits per heavy atom. The van der Waals surface area contributed by atoms with Gasteiger partial charge in [0, 0.05) is 22.7 Å². The van der Waals surface area contributed by atoms with Gasteiger partial charge in [0.2, 0.25) is 5.91 Å². The van der Waals surface area contributed by atoms with Crippen molar-refractivity contribution in [3.63, 3.8) is 0 Å². The maximum atomic E-state index is 13.1. The van der Waals surface area contributed by atoms with E-state index >= 15 is 0 Å². The van der Waals surface area contributed by atoms with Crippen LogP contribution in [0.2, 0.25) is 0 Å². The standard InChI is InChI=1S/C28H27NO2/c1-5-18(2)19(3)28(30)29-24-16-14-20-10-6-8-12-22(20)26(24)27-23-13-9-7-11-21(23)15-17-25(27)31-4/h5-19H,1H2,2-4H3,(H,29,30)/t18-,19-/m0/s1. The molecule has 0 bridgehead atoms. The lowest BCUT2D eigenvalue weighted by molar-refractivity contribution is -0.120. The molecule has 1 N–H and O–H groups in total. The quantitative estimate of drug-likeness (QED) is 0.346. The number of anilines is 1. The topological polar surface area (TPSA) is 38.3 Å². The van der Waals surface area contributed by atoms with E-state index in [-0.39, 0.29) is 17.7 Å². The van der Waals surface area contributed by atoms with Crippen molar-refractivity contribution in [3.8, 4) is 16.9 Å². The molecule has 2 atom stereocenters. The maximum Gasteiger partial charge on any atom is 0.227 e. The molecule has 0 aliphatic heterocycles. The number of allylic oxidation sites excluding steroid dienone is 1. The van der Waals surface area contributed by atoms with Gasteiger partial charge in [0.1, 0.15) is 5.75 Å². The Morgan fingerprint density at radius 1 is 0.871 bits per heavy atom. The molecule has 0 spiro atoms. The molecule has 0 heterocycles. The highest BCUT2D eigenvalue weighted by Crippen LogP contribution is 2.44. The van der Waals surface area contributed by atoms with Crippen LogP contribution in [0.5, 0.6) is 5.75 Å². The minimum absolute atomic E-state index is 0.0249. The molecule has 3 heteroatoms. The van der Waals surface area contributed by atoms with Crippen molar-refractivity contribution in [1.82, 2.24) is 0 Å². The molecule has 4 aromatic rings. The molecule has 0 fully saturated rings. The fraction of sp³-hybridized carbons (Fsp3) is 0.179. The van der Waals surface area contributed by atoms with E-state index in [1.165, 1.54) is 0 Å². The Kier molecular flexibility index (Phi) is 5.77. The van der Waals surface area contributed by atoms with Crippen LogP contribution in [0.3, 0.4) is 0 Å². The largest absolute Gasteiger partial charge is 0.496 e. The molecule has 4 rings (SSSR count). The van der Waals surface area contributed by atoms with Crippen LogP contribution in [-0.4, -0.2) is 13.0 Å². The van der Waals surface area contributed by atoms with Crippen LogP contribution >= 0.6 is 0 Å². The van der Waals surface area contributed by atoms with Crippen molar-refractivity contribution < 1.29 is 9.53 Å². The summed E-state index contributed by atoms with van der Waals surface area (Å²) in [5.74, 6) is 0.642. The lowest BCUT2D eigenvalue weighted by Crippen LogP contribution is -2.25. The SMILES string of the molecule is C=C[C@H](C)[C@H](C)C(=O)Nc1ccc2ccccc2c1-c1c(OC)ccc2ccccc12. The predicted molar refractivity (Wildman–Crippen MR) is 131 cm³/mol. The molecule has 1 amide bonds. The number of carbonyl (C=O) groups excluding carboxylic acids is 1. The monoisotopic (exact) mass is 409 g/mol. The molecule has 0 aliphatic carbocycles. The van der Waals surface area contributed by atoms with Gasteiger partial charge in [-0.05, 0) is 39.6 Å². The zero-order valence-electron chi connectivity index (χ0n) is 18.2. The van der Waals surface area contributed by atoms with Crippen LogP contribution in [0, 0.1) is 11.8 Å². The number of hydrogen-bond donors (Lipinski definition) is 1. The highest BCUT2D eigenvalue weighted by atomic mass is 16.5. The van der Waals surface area contributed by atoms with E-state index in [1.807, 2.05) is 62.4 Å². The van der Waals surface area contributed by atoms with E-state index in [1.54, 1.807) is 7.11 Å². The van der Waals surface area contributed by atoms with Gasteiger partial charge < -0.3 is 10.1 Å². The van der Waals surface area contributed by atoms with E-state index in [0.29, 0.717) is 0 Å². The first-order chi connectivity index (χ1) is 15.0. The second kappa shape index (κ2) is 8.65. The highest BCUT2D eigenvalue weighted by Gasteiger charge is 2.22. The van der Waals surface area contributed by atoms with Crippen molar-refractivity contribution in [2.24, 2.45) is 11.8 Å². The Bertz CT molecular complexity index is 1270. The summed E-state index contributed by atoms with van der Waals surface area (Å²) < 4.78 is 5.79. The van der Waals surface area contributed by atoms with Gasteiger partial charge in [-0.25, -0.2) is 0 Å². The molecule has 31 heavy (non-hydrogen) atoms. The van der Waals surface area contributed by atoms with Gasteiger partial charge in [-0.3, -0.25) is 4.79 Å². The van der Waals surface area contributed by atoms with Crippen LogP contribution < -0.4 is 10.1 Å². The van der Waals surface area contributed by atoms with E-state index in [4.69, 9.17) is 4.74 Å². The minimum Gasteiger partial charge on any atom is -0.496 e. The van der Waals surface area contributed by atoms with Crippen molar-refractivity contribution in [3.05, 3.63) is 85.5 Å². The van der Waals surface area contributed by atoms with Gasteiger partial charge >= 0.3 is 0 Å². The number of fused-ring (bicyclic) bond motifs is 2. The molecule has 156 valence electrons. The molecular formula is C28H27NO2. The molecule has 4 aromatic carbocycles. The smallest absolute Gasteiger partial charge is 0.227 e. The van der Waals surface area contributed by atoms with Gasteiger partial charge in [-0.2, -0.15) is 0 Å². The Balaban J connectivity index is 2.00. The number of benzene rings is 4. The molecule has 3 nitrogen and oxygen atoms in total. The number of nitrogens with one attached hydrogen (secondary N) is 1. The Morgan fingerprint density at radius 3 is 2.06 bits per heavy atom. The lowest BCUT2D eigenvalue weighted by atomic mass is 9.91. The van der Waals surface area contributed by atoms with Crippen molar-refractivity contribution in [2.75, 3.05) is 12.4 Å². The zero-order valence-corrected chi connectivity index (χ0v) is 18.2. The summed E-state index contributed by atoms with van der Waals surface area (Å²) in [5, 5.41) is 7.57. The Labute approximate surface area is 183 Å². The average Bonchev–Trinajstić information content (AvgIpc) is 2.82. The van der Waals surface area contributed by atoms with Gasteiger partial charge in [0.15, 0.2) is 0 Å². The highest BCUT2D eigenvalue weighted by molar-refractivity contribution is 6.13. The van der Waals surface area contributed by atoms with E-state index < -0.39 is 0 Å². The lowest BCUT2D eigenvalue weighted by Gasteiger charge is -2.21. The first-order valence-corrected chi connectivity index (χ1v) is 10.6. The predicted octanol–water partition coefficient (Wildman–Crippen LogP) is 7.07. The summed E-state index contributed by atoms with van der Waals surface area (Å²) in [7, 11) is 1.69. The summed E-state index contributed by atoms with van der Waals surface area (Å²) in [4.78, 5) is 13.1. The number of carbonyl (C=O) groups is 1. The zero-order chi connectivity index (χ0) is 22.0. The number of hydrogen-bond acceptors (Lipinski definition) is 2. The third kappa shape index (κ3) is 3.79. The van der Waals surface area contributed by atoms with Crippen LogP contribution in [-0.2, 0) is 4.79 Å². The number of ether oxygens (including phenoxy) is 1. The van der Waals surface area contributed by atoms with E-state index in [9.17, 15) is 4.79 Å². The third-order valence-electron chi connectivity index (χ3n) is 6.12. The van der Waals surface area contributed by atoms with E-state index in [0.717, 1.165) is 44.1 Å². The first kappa shape index (κ1) is 20.7. The number of amides is 1. The fourth-order valence-corrected chi connectivity index (χ4v) is 4.01. The van der Waals surface area contributed by atoms with Gasteiger partial charge in [-0.15, -0.1) is 6.58 Å². The van der Waals surface area contributed by atoms with Crippen LogP contribution in [0.4, 0.5) is 5.69 Å². The molecule has 0 aromatic heterocycles. The summed E-state index contributed by atoms with van der Waals surface area (Å²) >= 11 is 0. The van der Waals surface area contributed by atoms with Crippen LogP contribution in [0.15, 0.2) is 85.5 Å². The third-order valence-corrected chi connectivity index (χ3v) is 6.12.